The van der Waals surface area contributed by atoms with Crippen molar-refractivity contribution in [3.05, 3.63) is 64.6 Å². The Kier molecular flexibility index (Phi) is 7.00. The van der Waals surface area contributed by atoms with Gasteiger partial charge in [0.1, 0.15) is 35.6 Å². The minimum absolute atomic E-state index is 0.00305. The van der Waals surface area contributed by atoms with Gasteiger partial charge < -0.3 is 29.4 Å². The monoisotopic (exact) mass is 581 g/mol. The van der Waals surface area contributed by atoms with Crippen molar-refractivity contribution in [2.24, 2.45) is 0 Å². The average molecular weight is 582 g/mol. The van der Waals surface area contributed by atoms with Gasteiger partial charge in [0, 0.05) is 24.8 Å². The molecule has 224 valence electrons. The normalized spacial score (nSPS) is 23.3. The van der Waals surface area contributed by atoms with Gasteiger partial charge in [0.25, 0.3) is 6.43 Å². The molecule has 4 heterocycles. The molecule has 1 fully saturated rings. The zero-order valence-electron chi connectivity index (χ0n) is 24.6. The van der Waals surface area contributed by atoms with Gasteiger partial charge in [-0.2, -0.15) is 0 Å². The van der Waals surface area contributed by atoms with Gasteiger partial charge in [0.05, 0.1) is 11.4 Å². The molecular weight excluding hydrogens is 544 g/mol. The summed E-state index contributed by atoms with van der Waals surface area (Å²) in [5, 5.41) is 0.763. The van der Waals surface area contributed by atoms with Gasteiger partial charge in [0.15, 0.2) is 5.79 Å². The number of ether oxygens (including phenoxy) is 3. The van der Waals surface area contributed by atoms with E-state index in [-0.39, 0.29) is 23.8 Å². The summed E-state index contributed by atoms with van der Waals surface area (Å²) < 4.78 is 48.2. The SMILES string of the molecule is CC(C)(C)OC(=O)N1CCc2cc(C(F)F)cc(CCC3=C[C@@H](n4ccc5c(N)ncnc54)[C@@H]4OC(C)(C)O[C@H]34)c2C1. The van der Waals surface area contributed by atoms with Crippen LogP contribution in [0.5, 0.6) is 0 Å². The van der Waals surface area contributed by atoms with E-state index in [4.69, 9.17) is 19.9 Å². The lowest BCUT2D eigenvalue weighted by atomic mass is 9.89. The number of aryl methyl sites for hydroxylation is 1. The van der Waals surface area contributed by atoms with Gasteiger partial charge in [-0.1, -0.05) is 6.08 Å². The number of rotatable bonds is 5. The predicted octanol–water partition coefficient (Wildman–Crippen LogP) is 5.88. The molecule has 1 amide bonds. The van der Waals surface area contributed by atoms with Crippen molar-refractivity contribution in [2.45, 2.75) is 96.5 Å². The molecule has 0 unspecified atom stereocenters. The summed E-state index contributed by atoms with van der Waals surface area (Å²) in [5.41, 5.74) is 9.79. The van der Waals surface area contributed by atoms with Gasteiger partial charge in [-0.25, -0.2) is 23.5 Å². The Morgan fingerprint density at radius 2 is 2.00 bits per heavy atom. The number of hydrogen-bond acceptors (Lipinski definition) is 7. The van der Waals surface area contributed by atoms with E-state index in [0.29, 0.717) is 43.8 Å². The smallest absolute Gasteiger partial charge is 0.410 e. The summed E-state index contributed by atoms with van der Waals surface area (Å²) in [7, 11) is 0. The molecule has 1 aliphatic carbocycles. The lowest BCUT2D eigenvalue weighted by molar-refractivity contribution is -0.147. The van der Waals surface area contributed by atoms with Crippen molar-refractivity contribution in [1.29, 1.82) is 0 Å². The van der Waals surface area contributed by atoms with Crippen LogP contribution in [0.4, 0.5) is 19.4 Å². The molecule has 6 rings (SSSR count). The van der Waals surface area contributed by atoms with Crippen LogP contribution in [0.2, 0.25) is 0 Å². The first-order valence-electron chi connectivity index (χ1n) is 14.3. The highest BCUT2D eigenvalue weighted by Gasteiger charge is 2.50. The molecule has 2 N–H and O–H groups in total. The number of carbonyl (C=O) groups excluding carboxylic acids is 1. The summed E-state index contributed by atoms with van der Waals surface area (Å²) in [5.74, 6) is -0.377. The Bertz CT molecular complexity index is 1560. The number of carbonyl (C=O) groups is 1. The lowest BCUT2D eigenvalue weighted by Gasteiger charge is -2.32. The second-order valence-corrected chi connectivity index (χ2v) is 12.7. The van der Waals surface area contributed by atoms with Gasteiger partial charge in [-0.3, -0.25) is 0 Å². The van der Waals surface area contributed by atoms with E-state index in [9.17, 15) is 13.6 Å². The van der Waals surface area contributed by atoms with Crippen molar-refractivity contribution in [1.82, 2.24) is 19.4 Å². The van der Waals surface area contributed by atoms with Crippen LogP contribution in [0.15, 0.2) is 42.4 Å². The Hall–Kier alpha value is -3.57. The van der Waals surface area contributed by atoms with Crippen LogP contribution < -0.4 is 5.73 Å². The average Bonchev–Trinajstić information content (AvgIpc) is 3.57. The first-order valence-corrected chi connectivity index (χ1v) is 14.3. The van der Waals surface area contributed by atoms with Crippen LogP contribution in [0.3, 0.4) is 0 Å². The number of hydrogen-bond donors (Lipinski definition) is 1. The molecular formula is C31H37F2N5O4. The summed E-state index contributed by atoms with van der Waals surface area (Å²) in [6, 6.07) is 4.87. The van der Waals surface area contributed by atoms with Crippen molar-refractivity contribution in [3.63, 3.8) is 0 Å². The minimum atomic E-state index is -2.58. The number of benzene rings is 1. The molecule has 0 spiro atoms. The number of nitrogens with two attached hydrogens (primary N) is 1. The summed E-state index contributed by atoms with van der Waals surface area (Å²) >= 11 is 0. The molecule has 3 atom stereocenters. The number of alkyl halides is 2. The maximum absolute atomic E-state index is 13.9. The van der Waals surface area contributed by atoms with Crippen LogP contribution in [0, 0.1) is 0 Å². The van der Waals surface area contributed by atoms with Crippen molar-refractivity contribution >= 4 is 22.9 Å². The Morgan fingerprint density at radius 1 is 1.21 bits per heavy atom. The highest BCUT2D eigenvalue weighted by molar-refractivity contribution is 5.86. The first kappa shape index (κ1) is 28.5. The maximum atomic E-state index is 13.9. The fourth-order valence-corrected chi connectivity index (χ4v) is 6.32. The predicted molar refractivity (Wildman–Crippen MR) is 153 cm³/mol. The molecule has 42 heavy (non-hydrogen) atoms. The number of nitrogen functional groups attached to an aromatic ring is 1. The van der Waals surface area contributed by atoms with E-state index in [1.165, 1.54) is 6.33 Å². The standard InChI is InChI=1S/C31H37F2N5O4/c1-30(2,3)42-29(39)37-10-8-18-13-20(26(32)33)12-17(22(18)15-37)6-7-19-14-23(25-24(19)40-31(4,5)41-25)38-11-9-21-27(34)35-16-36-28(21)38/h9,11-14,16,23-26H,6-8,10,15H2,1-5H3,(H2,34,35,36)/t23-,24-,25+/m1/s1. The summed E-state index contributed by atoms with van der Waals surface area (Å²) in [4.78, 5) is 23.1. The molecule has 3 aliphatic rings. The fraction of sp³-hybridized carbons (Fsp3) is 0.516. The molecule has 1 aromatic carbocycles. The number of fused-ring (bicyclic) bond motifs is 3. The maximum Gasteiger partial charge on any atom is 0.410 e. The highest BCUT2D eigenvalue weighted by Crippen LogP contribution is 2.45. The van der Waals surface area contributed by atoms with Gasteiger partial charge in [0.2, 0.25) is 0 Å². The van der Waals surface area contributed by atoms with E-state index in [1.807, 2.05) is 51.4 Å². The first-order chi connectivity index (χ1) is 19.8. The lowest BCUT2D eigenvalue weighted by Crippen LogP contribution is -2.40. The van der Waals surface area contributed by atoms with E-state index in [2.05, 4.69) is 16.0 Å². The largest absolute Gasteiger partial charge is 0.444 e. The third-order valence-electron chi connectivity index (χ3n) is 8.12. The Balaban J connectivity index is 1.30. The highest BCUT2D eigenvalue weighted by atomic mass is 19.3. The topological polar surface area (TPSA) is 105 Å². The number of halogens is 2. The quantitative estimate of drug-likeness (QED) is 0.375. The molecule has 0 bridgehead atoms. The second kappa shape index (κ2) is 10.3. The number of nitrogens with zero attached hydrogens (tertiary/aromatic N) is 4. The van der Waals surface area contributed by atoms with E-state index in [1.54, 1.807) is 17.0 Å². The zero-order chi connectivity index (χ0) is 30.0. The number of amides is 1. The van der Waals surface area contributed by atoms with E-state index >= 15 is 0 Å². The van der Waals surface area contributed by atoms with Gasteiger partial charge in [-0.15, -0.1) is 0 Å². The van der Waals surface area contributed by atoms with E-state index < -0.39 is 23.9 Å². The number of anilines is 1. The third kappa shape index (κ3) is 5.35. The molecule has 9 nitrogen and oxygen atoms in total. The fourth-order valence-electron chi connectivity index (χ4n) is 6.32. The third-order valence-corrected chi connectivity index (χ3v) is 8.12. The molecule has 2 aromatic heterocycles. The van der Waals surface area contributed by atoms with E-state index in [0.717, 1.165) is 27.6 Å². The van der Waals surface area contributed by atoms with Crippen molar-refractivity contribution < 1.29 is 27.8 Å². The van der Waals surface area contributed by atoms with Gasteiger partial charge >= 0.3 is 6.09 Å². The molecule has 2 aliphatic heterocycles. The van der Waals surface area contributed by atoms with Crippen LogP contribution in [-0.4, -0.2) is 55.7 Å². The zero-order valence-corrected chi connectivity index (χ0v) is 24.6. The van der Waals surface area contributed by atoms with Crippen LogP contribution >= 0.6 is 0 Å². The number of aromatic nitrogens is 3. The second-order valence-electron chi connectivity index (χ2n) is 12.7. The molecule has 11 heteroatoms. The van der Waals surface area contributed by atoms with Crippen LogP contribution in [0.1, 0.15) is 75.8 Å². The van der Waals surface area contributed by atoms with Crippen LogP contribution in [-0.2, 0) is 33.6 Å². The molecule has 1 saturated heterocycles. The molecule has 0 radical (unpaired) electrons. The Morgan fingerprint density at radius 3 is 2.74 bits per heavy atom. The van der Waals surface area contributed by atoms with Crippen LogP contribution in [0.25, 0.3) is 11.0 Å². The summed E-state index contributed by atoms with van der Waals surface area (Å²) in [6.45, 7) is 10.0. The molecule has 0 saturated carbocycles. The Labute approximate surface area is 243 Å². The summed E-state index contributed by atoms with van der Waals surface area (Å²) in [6.07, 6.45) is 3.54. The van der Waals surface area contributed by atoms with Gasteiger partial charge in [-0.05, 0) is 94.3 Å². The molecule has 3 aromatic rings. The van der Waals surface area contributed by atoms with Crippen molar-refractivity contribution in [2.75, 3.05) is 12.3 Å². The van der Waals surface area contributed by atoms with Crippen molar-refractivity contribution in [3.8, 4) is 0 Å². The minimum Gasteiger partial charge on any atom is -0.444 e.